The molecule has 1 amide bonds. The highest BCUT2D eigenvalue weighted by Gasteiger charge is 2.19. The summed E-state index contributed by atoms with van der Waals surface area (Å²) in [4.78, 5) is 14.8. The van der Waals surface area contributed by atoms with Gasteiger partial charge >= 0.3 is 0 Å². The van der Waals surface area contributed by atoms with Crippen molar-refractivity contribution >= 4 is 23.2 Å². The highest BCUT2D eigenvalue weighted by Crippen LogP contribution is 2.25. The number of carbonyl (C=O) groups excluding carboxylic acids is 1. The molecule has 2 aromatic carbocycles. The van der Waals surface area contributed by atoms with E-state index in [4.69, 9.17) is 16.3 Å². The van der Waals surface area contributed by atoms with Gasteiger partial charge in [-0.05, 0) is 49.1 Å². The maximum absolute atomic E-state index is 12.5. The average molecular weight is 373 g/mol. The second-order valence-electron chi connectivity index (χ2n) is 6.52. The molecule has 5 heteroatoms. The van der Waals surface area contributed by atoms with Gasteiger partial charge in [-0.25, -0.2) is 0 Å². The Labute approximate surface area is 160 Å². The minimum absolute atomic E-state index is 0.129. The van der Waals surface area contributed by atoms with E-state index in [1.807, 2.05) is 19.1 Å². The summed E-state index contributed by atoms with van der Waals surface area (Å²) in [6.07, 6.45) is 2.55. The summed E-state index contributed by atoms with van der Waals surface area (Å²) in [6, 6.07) is 15.6. The summed E-state index contributed by atoms with van der Waals surface area (Å²) in [6.45, 7) is 4.68. The van der Waals surface area contributed by atoms with E-state index in [0.717, 1.165) is 18.7 Å². The van der Waals surface area contributed by atoms with E-state index in [2.05, 4.69) is 34.5 Å². The van der Waals surface area contributed by atoms with Gasteiger partial charge in [-0.15, -0.1) is 0 Å². The van der Waals surface area contributed by atoms with Gasteiger partial charge < -0.3 is 15.0 Å². The molecule has 0 radical (unpaired) electrons. The summed E-state index contributed by atoms with van der Waals surface area (Å²) in [5.74, 6) is 0.405. The van der Waals surface area contributed by atoms with Crippen molar-refractivity contribution in [3.05, 3.63) is 59.1 Å². The molecule has 1 heterocycles. The first kappa shape index (κ1) is 18.6. The topological polar surface area (TPSA) is 41.6 Å². The van der Waals surface area contributed by atoms with Gasteiger partial charge in [0.05, 0.1) is 5.02 Å². The number of nitrogens with zero attached hydrogens (tertiary/aromatic N) is 1. The molecule has 1 aliphatic rings. The third kappa shape index (κ3) is 4.70. The average Bonchev–Trinajstić information content (AvgIpc) is 3.20. The Bertz CT molecular complexity index is 727. The number of para-hydroxylation sites is 1. The first-order valence-electron chi connectivity index (χ1n) is 9.20. The lowest BCUT2D eigenvalue weighted by Gasteiger charge is -2.19. The molecule has 1 N–H and O–H groups in total. The molecule has 1 atom stereocenters. The van der Waals surface area contributed by atoms with E-state index in [0.29, 0.717) is 23.7 Å². The molecule has 0 aliphatic carbocycles. The molecule has 0 saturated carbocycles. The number of halogens is 1. The van der Waals surface area contributed by atoms with Crippen LogP contribution in [0, 0.1) is 0 Å². The summed E-state index contributed by atoms with van der Waals surface area (Å²) < 4.78 is 5.78. The molecular formula is C21H25ClN2O2. The van der Waals surface area contributed by atoms with Gasteiger partial charge in [-0.2, -0.15) is 0 Å². The van der Waals surface area contributed by atoms with Crippen molar-refractivity contribution in [3.63, 3.8) is 0 Å². The van der Waals surface area contributed by atoms with Crippen molar-refractivity contribution in [2.45, 2.75) is 38.8 Å². The van der Waals surface area contributed by atoms with Crippen LogP contribution >= 0.6 is 11.6 Å². The maximum atomic E-state index is 12.5. The number of hydrogen-bond donors (Lipinski definition) is 1. The fraction of sp³-hybridized carbons (Fsp3) is 0.381. The van der Waals surface area contributed by atoms with Gasteiger partial charge in [0, 0.05) is 25.3 Å². The molecule has 0 aromatic heterocycles. The summed E-state index contributed by atoms with van der Waals surface area (Å²) in [5, 5.41) is 3.47. The second-order valence-corrected chi connectivity index (χ2v) is 6.93. The highest BCUT2D eigenvalue weighted by atomic mass is 35.5. The lowest BCUT2D eigenvalue weighted by Crippen LogP contribution is -2.37. The number of nitrogens with one attached hydrogen (secondary N) is 1. The normalized spacial score (nSPS) is 14.9. The van der Waals surface area contributed by atoms with E-state index in [-0.39, 0.29) is 5.91 Å². The Morgan fingerprint density at radius 3 is 2.50 bits per heavy atom. The van der Waals surface area contributed by atoms with Crippen LogP contribution in [0.3, 0.4) is 0 Å². The molecule has 0 spiro atoms. The van der Waals surface area contributed by atoms with E-state index < -0.39 is 6.10 Å². The minimum Gasteiger partial charge on any atom is -0.479 e. The van der Waals surface area contributed by atoms with Crippen LogP contribution in [-0.2, 0) is 11.3 Å². The zero-order valence-electron chi connectivity index (χ0n) is 15.1. The second kappa shape index (κ2) is 8.95. The van der Waals surface area contributed by atoms with Gasteiger partial charge in [0.25, 0.3) is 5.91 Å². The number of ether oxygens (including phenoxy) is 1. The summed E-state index contributed by atoms with van der Waals surface area (Å²) in [7, 11) is 0. The zero-order chi connectivity index (χ0) is 18.4. The quantitative estimate of drug-likeness (QED) is 0.782. The number of carbonyl (C=O) groups is 1. The van der Waals surface area contributed by atoms with Crippen LogP contribution in [0.2, 0.25) is 5.02 Å². The van der Waals surface area contributed by atoms with Gasteiger partial charge in [-0.3, -0.25) is 4.79 Å². The fourth-order valence-corrected chi connectivity index (χ4v) is 3.30. The molecule has 1 unspecified atom stereocenters. The van der Waals surface area contributed by atoms with Crippen LogP contribution in [0.1, 0.15) is 31.7 Å². The van der Waals surface area contributed by atoms with Crippen LogP contribution < -0.4 is 15.0 Å². The predicted octanol–water partition coefficient (Wildman–Crippen LogP) is 4.41. The molecule has 2 aromatic rings. The van der Waals surface area contributed by atoms with Gasteiger partial charge in [0.2, 0.25) is 0 Å². The van der Waals surface area contributed by atoms with Crippen molar-refractivity contribution in [1.29, 1.82) is 0 Å². The number of hydrogen-bond acceptors (Lipinski definition) is 3. The van der Waals surface area contributed by atoms with Crippen molar-refractivity contribution in [2.24, 2.45) is 0 Å². The minimum atomic E-state index is -0.557. The van der Waals surface area contributed by atoms with Gasteiger partial charge in [0.1, 0.15) is 5.75 Å². The lowest BCUT2D eigenvalue weighted by atomic mass is 10.2. The fourth-order valence-electron chi connectivity index (χ4n) is 3.12. The monoisotopic (exact) mass is 372 g/mol. The van der Waals surface area contributed by atoms with Gasteiger partial charge in [0.15, 0.2) is 6.10 Å². The number of amides is 1. The Morgan fingerprint density at radius 1 is 1.15 bits per heavy atom. The standard InChI is InChI=1S/C21H25ClN2O2/c1-2-19(26-20-8-4-3-7-18(20)22)21(25)23-15-16-9-11-17(12-10-16)24-13-5-6-14-24/h3-4,7-12,19H,2,5-6,13-15H2,1H3,(H,23,25). The van der Waals surface area contributed by atoms with E-state index in [1.165, 1.54) is 18.5 Å². The van der Waals surface area contributed by atoms with E-state index in [9.17, 15) is 4.79 Å². The highest BCUT2D eigenvalue weighted by molar-refractivity contribution is 6.32. The smallest absolute Gasteiger partial charge is 0.261 e. The van der Waals surface area contributed by atoms with Gasteiger partial charge in [-0.1, -0.05) is 42.8 Å². The van der Waals surface area contributed by atoms with Crippen molar-refractivity contribution in [3.8, 4) is 5.75 Å². The molecule has 0 bridgehead atoms. The zero-order valence-corrected chi connectivity index (χ0v) is 15.8. The molecule has 1 aliphatic heterocycles. The number of rotatable bonds is 7. The Kier molecular flexibility index (Phi) is 6.40. The Balaban J connectivity index is 1.54. The third-order valence-electron chi connectivity index (χ3n) is 4.64. The van der Waals surface area contributed by atoms with E-state index in [1.54, 1.807) is 12.1 Å². The summed E-state index contributed by atoms with van der Waals surface area (Å²) in [5.41, 5.74) is 2.33. The predicted molar refractivity (Wildman–Crippen MR) is 106 cm³/mol. The molecule has 1 saturated heterocycles. The lowest BCUT2D eigenvalue weighted by molar-refractivity contribution is -0.128. The molecule has 3 rings (SSSR count). The van der Waals surface area contributed by atoms with Crippen molar-refractivity contribution in [2.75, 3.05) is 18.0 Å². The van der Waals surface area contributed by atoms with Crippen LogP contribution in [0.4, 0.5) is 5.69 Å². The molecule has 4 nitrogen and oxygen atoms in total. The molecule has 138 valence electrons. The first-order valence-corrected chi connectivity index (χ1v) is 9.58. The maximum Gasteiger partial charge on any atom is 0.261 e. The summed E-state index contributed by atoms with van der Waals surface area (Å²) >= 11 is 6.11. The SMILES string of the molecule is CCC(Oc1ccccc1Cl)C(=O)NCc1ccc(N2CCCC2)cc1. The van der Waals surface area contributed by atoms with Crippen LogP contribution in [0.25, 0.3) is 0 Å². The Morgan fingerprint density at radius 2 is 1.85 bits per heavy atom. The number of benzene rings is 2. The van der Waals surface area contributed by atoms with E-state index >= 15 is 0 Å². The van der Waals surface area contributed by atoms with Crippen LogP contribution in [0.5, 0.6) is 5.75 Å². The molecule has 26 heavy (non-hydrogen) atoms. The van der Waals surface area contributed by atoms with Crippen molar-refractivity contribution in [1.82, 2.24) is 5.32 Å². The van der Waals surface area contributed by atoms with Crippen LogP contribution in [0.15, 0.2) is 48.5 Å². The molecule has 1 fully saturated rings. The van der Waals surface area contributed by atoms with Crippen molar-refractivity contribution < 1.29 is 9.53 Å². The van der Waals surface area contributed by atoms with Crippen LogP contribution in [-0.4, -0.2) is 25.1 Å². The molecular weight excluding hydrogens is 348 g/mol. The number of anilines is 1. The Hall–Kier alpha value is -2.20. The third-order valence-corrected chi connectivity index (χ3v) is 4.96. The largest absolute Gasteiger partial charge is 0.479 e. The first-order chi connectivity index (χ1) is 12.7.